The van der Waals surface area contributed by atoms with E-state index in [0.717, 1.165) is 0 Å². The quantitative estimate of drug-likeness (QED) is 0.538. The Balaban J connectivity index is -0.00000000500. The zero-order valence-corrected chi connectivity index (χ0v) is 7.15. The van der Waals surface area contributed by atoms with Crippen molar-refractivity contribution in [3.05, 3.63) is 0 Å². The molecule has 0 saturated carbocycles. The predicted molar refractivity (Wildman–Crippen MR) is 0 cm³/mol. The van der Waals surface area contributed by atoms with Crippen molar-refractivity contribution in [1.29, 1.82) is 0 Å². The van der Waals surface area contributed by atoms with Gasteiger partial charge in [0.05, 0.1) is 0 Å². The fourth-order valence-electron chi connectivity index (χ4n) is 0. The second-order valence-corrected chi connectivity index (χ2v) is 0. The molecule has 0 aliphatic carbocycles. The predicted octanol–water partition coefficient (Wildman–Crippen LogP) is -0.0100. The van der Waals surface area contributed by atoms with Gasteiger partial charge in [0.15, 0.2) is 0 Å². The molecule has 0 saturated heterocycles. The third-order valence-electron chi connectivity index (χ3n) is 0. The van der Waals surface area contributed by atoms with Crippen LogP contribution in [0.3, 0.4) is 0 Å². The third-order valence-corrected chi connectivity index (χ3v) is 0. The van der Waals surface area contributed by atoms with Crippen LogP contribution in [0.15, 0.2) is 0 Å². The molecule has 4 heteroatoms. The molecule has 0 aliphatic heterocycles. The van der Waals surface area contributed by atoms with E-state index in [2.05, 4.69) is 0 Å². The van der Waals surface area contributed by atoms with Crippen molar-refractivity contribution in [2.75, 3.05) is 0 Å². The van der Waals surface area contributed by atoms with Crippen LogP contribution in [0.4, 0.5) is 0 Å². The summed E-state index contributed by atoms with van der Waals surface area (Å²) in [6.45, 7) is 0. The van der Waals surface area contributed by atoms with E-state index in [0.29, 0.717) is 0 Å². The normalized spacial score (nSPS) is 0.750. The number of hydrogen-bond acceptors (Lipinski definition) is 0. The van der Waals surface area contributed by atoms with Crippen LogP contribution in [0.5, 0.6) is 0 Å². The van der Waals surface area contributed by atoms with Crippen LogP contribution >= 0.6 is 0 Å². The first-order valence-electron chi connectivity index (χ1n) is 0.204. The maximum absolute atomic E-state index is 2.01. The van der Waals surface area contributed by atoms with Gasteiger partial charge in [-0.1, -0.05) is 0 Å². The summed E-state index contributed by atoms with van der Waals surface area (Å²) < 4.78 is 0. The van der Waals surface area contributed by atoms with Crippen LogP contribution in [0.25, 0.3) is 0 Å². The Kier molecular flexibility index (Phi) is 73.2. The van der Waals surface area contributed by atoms with E-state index in [-0.39, 0.29) is 33.3 Å². The molecular formula is CoMoNiTi. The molecule has 0 rings (SSSR count). The van der Waals surface area contributed by atoms with E-state index < -0.39 is 0 Å². The zero-order chi connectivity index (χ0) is 2.00. The second-order valence-electron chi connectivity index (χ2n) is 0. The SMILES string of the molecule is [Co].[Ni].[Ti][Mo]. The average molecular weight is 261 g/mol. The van der Waals surface area contributed by atoms with Gasteiger partial charge in [0.25, 0.3) is 0 Å². The van der Waals surface area contributed by atoms with E-state index in [9.17, 15) is 0 Å². The summed E-state index contributed by atoms with van der Waals surface area (Å²) in [4.78, 5) is 0. The van der Waals surface area contributed by atoms with Crippen LogP contribution < -0.4 is 0 Å². The minimum absolute atomic E-state index is 0. The first-order chi connectivity index (χ1) is 1.00. The summed E-state index contributed by atoms with van der Waals surface area (Å²) in [6.07, 6.45) is 0. The van der Waals surface area contributed by atoms with E-state index in [1.807, 2.05) is 34.0 Å². The van der Waals surface area contributed by atoms with Gasteiger partial charge in [-0.05, 0) is 0 Å². The van der Waals surface area contributed by atoms with Gasteiger partial charge >= 0.3 is 34.0 Å². The van der Waals surface area contributed by atoms with Gasteiger partial charge in [-0.3, -0.25) is 0 Å². The molecule has 0 aliphatic rings. The van der Waals surface area contributed by atoms with Crippen LogP contribution in [0.2, 0.25) is 0 Å². The standard InChI is InChI=1S/Co.Mo.Ni.Ti. The summed E-state index contributed by atoms with van der Waals surface area (Å²) in [5.41, 5.74) is 0. The number of hydrogen-bond donors (Lipinski definition) is 0. The molecule has 0 aromatic heterocycles. The van der Waals surface area contributed by atoms with Gasteiger partial charge in [-0.2, -0.15) is 0 Å². The maximum atomic E-state index is 2.01. The van der Waals surface area contributed by atoms with Gasteiger partial charge in [-0.15, -0.1) is 0 Å². The minimum atomic E-state index is 0. The van der Waals surface area contributed by atoms with Gasteiger partial charge in [0, 0.05) is 33.3 Å². The Morgan fingerprint density at radius 3 is 1.25 bits per heavy atom. The second kappa shape index (κ2) is 18.1. The Bertz CT molecular complexity index is 8.00. The molecule has 29 valence electrons. The molecule has 0 aromatic rings. The molecular weight excluding hydrogens is 261 g/mol. The van der Waals surface area contributed by atoms with Crippen molar-refractivity contribution in [2.45, 2.75) is 0 Å². The first-order valence-corrected chi connectivity index (χ1v) is 4.98. The topological polar surface area (TPSA) is 0 Å². The molecule has 0 nitrogen and oxygen atoms in total. The van der Waals surface area contributed by atoms with Crippen LogP contribution in [0.1, 0.15) is 0 Å². The van der Waals surface area contributed by atoms with Crippen molar-refractivity contribution in [3.8, 4) is 0 Å². The molecule has 0 fully saturated rings. The van der Waals surface area contributed by atoms with E-state index >= 15 is 0 Å². The van der Waals surface area contributed by atoms with Gasteiger partial charge < -0.3 is 0 Å². The molecule has 0 N–H and O–H groups in total. The van der Waals surface area contributed by atoms with E-state index in [4.69, 9.17) is 0 Å². The Morgan fingerprint density at radius 2 is 1.25 bits per heavy atom. The molecule has 0 spiro atoms. The molecule has 0 heterocycles. The fourth-order valence-corrected chi connectivity index (χ4v) is 0. The van der Waals surface area contributed by atoms with Gasteiger partial charge in [-0.25, -0.2) is 0 Å². The summed E-state index contributed by atoms with van der Waals surface area (Å²) in [5, 5.41) is 0. The first kappa shape index (κ1) is 16.1. The Hall–Kier alpha value is 2.40. The van der Waals surface area contributed by atoms with E-state index in [1.165, 1.54) is 0 Å². The van der Waals surface area contributed by atoms with E-state index in [1.54, 1.807) is 0 Å². The molecule has 4 heavy (non-hydrogen) atoms. The third kappa shape index (κ3) is 8.83. The van der Waals surface area contributed by atoms with Crippen molar-refractivity contribution >= 4 is 0 Å². The zero-order valence-electron chi connectivity index (χ0n) is 1.56. The summed E-state index contributed by atoms with van der Waals surface area (Å²) in [7, 11) is 0. The monoisotopic (exact) mass is 263 g/mol. The van der Waals surface area contributed by atoms with Crippen LogP contribution in [0, 0.1) is 0 Å². The van der Waals surface area contributed by atoms with Crippen LogP contribution in [-0.2, 0) is 67.3 Å². The van der Waals surface area contributed by atoms with Crippen molar-refractivity contribution < 1.29 is 67.3 Å². The fraction of sp³-hybridized carbons (Fsp3) is 0. The summed E-state index contributed by atoms with van der Waals surface area (Å²) in [6, 6.07) is 0. The number of rotatable bonds is 0. The average Bonchev–Trinajstić information content (AvgIpc) is 1.00. The van der Waals surface area contributed by atoms with Gasteiger partial charge in [0.1, 0.15) is 0 Å². The van der Waals surface area contributed by atoms with Crippen LogP contribution in [-0.4, -0.2) is 0 Å². The van der Waals surface area contributed by atoms with Crippen molar-refractivity contribution in [1.82, 2.24) is 0 Å². The van der Waals surface area contributed by atoms with Crippen molar-refractivity contribution in [2.24, 2.45) is 0 Å². The summed E-state index contributed by atoms with van der Waals surface area (Å²) in [5.74, 6) is 0. The van der Waals surface area contributed by atoms with Crippen molar-refractivity contribution in [3.63, 3.8) is 0 Å². The molecule has 0 atom stereocenters. The molecule has 0 bridgehead atoms. The Labute approximate surface area is 66.4 Å². The Morgan fingerprint density at radius 1 is 1.25 bits per heavy atom. The molecule has 0 unspecified atom stereocenters. The summed E-state index contributed by atoms with van der Waals surface area (Å²) >= 11 is 3.96. The molecule has 0 aromatic carbocycles. The molecule has 1 radical (unpaired) electrons. The van der Waals surface area contributed by atoms with Gasteiger partial charge in [0.2, 0.25) is 0 Å². The molecule has 0 amide bonds.